The van der Waals surface area contributed by atoms with E-state index in [1.807, 2.05) is 11.4 Å². The molecule has 1 aromatic heterocycles. The van der Waals surface area contributed by atoms with Crippen molar-refractivity contribution in [1.29, 1.82) is 0 Å². The van der Waals surface area contributed by atoms with Crippen molar-refractivity contribution in [3.63, 3.8) is 0 Å². The average Bonchev–Trinajstić information content (AvgIpc) is 2.45. The van der Waals surface area contributed by atoms with Crippen LogP contribution in [-0.2, 0) is 22.3 Å². The molecular formula is C9H14O3S2. The molecule has 0 radical (unpaired) electrons. The number of hydrogen-bond acceptors (Lipinski definition) is 3. The van der Waals surface area contributed by atoms with Gasteiger partial charge in [-0.05, 0) is 29.9 Å². The van der Waals surface area contributed by atoms with Gasteiger partial charge in [0.15, 0.2) is 0 Å². The van der Waals surface area contributed by atoms with Gasteiger partial charge in [-0.25, -0.2) is 0 Å². The molecule has 0 spiro atoms. The quantitative estimate of drug-likeness (QED) is 0.796. The van der Waals surface area contributed by atoms with E-state index in [0.717, 1.165) is 29.7 Å². The van der Waals surface area contributed by atoms with E-state index in [9.17, 15) is 8.42 Å². The van der Waals surface area contributed by atoms with Crippen molar-refractivity contribution in [2.75, 3.05) is 0 Å². The first-order valence-electron chi connectivity index (χ1n) is 4.53. The molecule has 0 bridgehead atoms. The van der Waals surface area contributed by atoms with Crippen molar-refractivity contribution in [3.05, 3.63) is 21.9 Å². The van der Waals surface area contributed by atoms with Gasteiger partial charge in [-0.1, -0.05) is 13.3 Å². The summed E-state index contributed by atoms with van der Waals surface area (Å²) in [6.07, 6.45) is 3.03. The molecule has 0 atom stereocenters. The molecule has 0 saturated heterocycles. The third-order valence-corrected chi connectivity index (χ3v) is 3.75. The van der Waals surface area contributed by atoms with Crippen LogP contribution in [0.1, 0.15) is 30.2 Å². The third kappa shape index (κ3) is 3.77. The van der Waals surface area contributed by atoms with E-state index >= 15 is 0 Å². The zero-order valence-electron chi connectivity index (χ0n) is 8.06. The number of unbranched alkanes of at least 4 members (excludes halogenated alkanes) is 1. The summed E-state index contributed by atoms with van der Waals surface area (Å²) in [6, 6.07) is 1.93. The maximum absolute atomic E-state index is 10.7. The molecule has 0 saturated carbocycles. The predicted octanol–water partition coefficient (Wildman–Crippen LogP) is 2.48. The van der Waals surface area contributed by atoms with Crippen LogP contribution in [0.2, 0.25) is 0 Å². The van der Waals surface area contributed by atoms with Gasteiger partial charge in [0.25, 0.3) is 10.1 Å². The molecule has 0 aromatic carbocycles. The average molecular weight is 234 g/mol. The fourth-order valence-electron chi connectivity index (χ4n) is 1.25. The van der Waals surface area contributed by atoms with Gasteiger partial charge in [0.1, 0.15) is 5.75 Å². The lowest BCUT2D eigenvalue weighted by Crippen LogP contribution is -2.02. The molecule has 1 heterocycles. The lowest BCUT2D eigenvalue weighted by Gasteiger charge is -2.00. The fourth-order valence-corrected chi connectivity index (χ4v) is 3.20. The third-order valence-electron chi connectivity index (χ3n) is 1.95. The summed E-state index contributed by atoms with van der Waals surface area (Å²) in [7, 11) is -3.88. The monoisotopic (exact) mass is 234 g/mol. The van der Waals surface area contributed by atoms with Crippen LogP contribution in [0, 0.1) is 0 Å². The van der Waals surface area contributed by atoms with Gasteiger partial charge in [-0.15, -0.1) is 11.3 Å². The molecule has 5 heteroatoms. The second kappa shape index (κ2) is 4.91. The van der Waals surface area contributed by atoms with Crippen LogP contribution >= 0.6 is 11.3 Å². The number of thiophene rings is 1. The Morgan fingerprint density at radius 1 is 1.50 bits per heavy atom. The summed E-state index contributed by atoms with van der Waals surface area (Å²) >= 11 is 1.39. The molecular weight excluding hydrogens is 220 g/mol. The Kier molecular flexibility index (Phi) is 4.10. The topological polar surface area (TPSA) is 54.4 Å². The van der Waals surface area contributed by atoms with Crippen LogP contribution in [0.3, 0.4) is 0 Å². The first-order chi connectivity index (χ1) is 6.53. The minimum Gasteiger partial charge on any atom is -0.285 e. The van der Waals surface area contributed by atoms with Gasteiger partial charge >= 0.3 is 0 Å². The minimum absolute atomic E-state index is 0.246. The van der Waals surface area contributed by atoms with Crippen LogP contribution in [-0.4, -0.2) is 13.0 Å². The highest BCUT2D eigenvalue weighted by atomic mass is 32.2. The van der Waals surface area contributed by atoms with Crippen molar-refractivity contribution in [3.8, 4) is 0 Å². The second-order valence-corrected chi connectivity index (χ2v) is 5.65. The van der Waals surface area contributed by atoms with Crippen LogP contribution in [0.5, 0.6) is 0 Å². The standard InChI is InChI=1S/C9H14O3S2/c1-2-3-4-8-5-6-13-9(8)7-14(10,11)12/h5-6H,2-4,7H2,1H3,(H,10,11,12). The summed E-state index contributed by atoms with van der Waals surface area (Å²) in [4.78, 5) is 0.765. The summed E-state index contributed by atoms with van der Waals surface area (Å²) in [5.74, 6) is -0.246. The van der Waals surface area contributed by atoms with E-state index in [1.165, 1.54) is 11.3 Å². The molecule has 0 amide bonds. The molecule has 1 N–H and O–H groups in total. The molecule has 0 aliphatic rings. The summed E-state index contributed by atoms with van der Waals surface area (Å²) in [5, 5.41) is 1.87. The van der Waals surface area contributed by atoms with Gasteiger partial charge in [0, 0.05) is 4.88 Å². The van der Waals surface area contributed by atoms with Crippen LogP contribution in [0.25, 0.3) is 0 Å². The summed E-state index contributed by atoms with van der Waals surface area (Å²) in [6.45, 7) is 2.09. The predicted molar refractivity (Wildman–Crippen MR) is 58.2 cm³/mol. The van der Waals surface area contributed by atoms with Crippen LogP contribution < -0.4 is 0 Å². The van der Waals surface area contributed by atoms with E-state index < -0.39 is 10.1 Å². The maximum atomic E-state index is 10.7. The molecule has 1 aromatic rings. The van der Waals surface area contributed by atoms with E-state index in [0.29, 0.717) is 0 Å². The highest BCUT2D eigenvalue weighted by Gasteiger charge is 2.11. The molecule has 0 unspecified atom stereocenters. The van der Waals surface area contributed by atoms with Crippen LogP contribution in [0.4, 0.5) is 0 Å². The van der Waals surface area contributed by atoms with Gasteiger partial charge in [-0.2, -0.15) is 8.42 Å². The zero-order valence-corrected chi connectivity index (χ0v) is 9.70. The van der Waals surface area contributed by atoms with Gasteiger partial charge in [0.2, 0.25) is 0 Å². The second-order valence-electron chi connectivity index (χ2n) is 3.20. The van der Waals surface area contributed by atoms with E-state index in [-0.39, 0.29) is 5.75 Å². The Morgan fingerprint density at radius 3 is 2.79 bits per heavy atom. The highest BCUT2D eigenvalue weighted by molar-refractivity contribution is 7.85. The largest absolute Gasteiger partial charge is 0.285 e. The normalized spacial score (nSPS) is 11.9. The molecule has 80 valence electrons. The van der Waals surface area contributed by atoms with Gasteiger partial charge < -0.3 is 0 Å². The van der Waals surface area contributed by atoms with E-state index in [2.05, 4.69) is 6.92 Å². The van der Waals surface area contributed by atoms with E-state index in [4.69, 9.17) is 4.55 Å². The molecule has 0 aliphatic carbocycles. The van der Waals surface area contributed by atoms with Gasteiger partial charge in [-0.3, -0.25) is 4.55 Å². The highest BCUT2D eigenvalue weighted by Crippen LogP contribution is 2.21. The molecule has 0 fully saturated rings. The lowest BCUT2D eigenvalue weighted by atomic mass is 10.1. The van der Waals surface area contributed by atoms with Crippen molar-refractivity contribution < 1.29 is 13.0 Å². The summed E-state index contributed by atoms with van der Waals surface area (Å²) < 4.78 is 30.1. The minimum atomic E-state index is -3.88. The maximum Gasteiger partial charge on any atom is 0.269 e. The van der Waals surface area contributed by atoms with Crippen molar-refractivity contribution >= 4 is 21.5 Å². The Morgan fingerprint density at radius 2 is 2.21 bits per heavy atom. The lowest BCUT2D eigenvalue weighted by molar-refractivity contribution is 0.482. The molecule has 0 aliphatic heterocycles. The summed E-state index contributed by atoms with van der Waals surface area (Å²) in [5.41, 5.74) is 1.05. The zero-order chi connectivity index (χ0) is 10.6. The Hall–Kier alpha value is -0.390. The van der Waals surface area contributed by atoms with Crippen molar-refractivity contribution in [2.24, 2.45) is 0 Å². The number of aryl methyl sites for hydroxylation is 1. The molecule has 1 rings (SSSR count). The van der Waals surface area contributed by atoms with Crippen molar-refractivity contribution in [2.45, 2.75) is 31.9 Å². The first kappa shape index (κ1) is 11.7. The number of hydrogen-bond donors (Lipinski definition) is 1. The SMILES string of the molecule is CCCCc1ccsc1CS(=O)(=O)O. The van der Waals surface area contributed by atoms with Crippen molar-refractivity contribution in [1.82, 2.24) is 0 Å². The Balaban J connectivity index is 2.72. The van der Waals surface area contributed by atoms with Gasteiger partial charge in [0.05, 0.1) is 0 Å². The number of rotatable bonds is 5. The molecule has 3 nitrogen and oxygen atoms in total. The first-order valence-corrected chi connectivity index (χ1v) is 7.02. The Bertz CT molecular complexity index is 379. The molecule has 14 heavy (non-hydrogen) atoms. The fraction of sp³-hybridized carbons (Fsp3) is 0.556. The Labute approximate surface area is 88.5 Å². The smallest absolute Gasteiger partial charge is 0.269 e. The van der Waals surface area contributed by atoms with E-state index in [1.54, 1.807) is 0 Å². The van der Waals surface area contributed by atoms with Crippen LogP contribution in [0.15, 0.2) is 11.4 Å².